The van der Waals surface area contributed by atoms with Crippen molar-refractivity contribution in [2.75, 3.05) is 5.32 Å². The lowest BCUT2D eigenvalue weighted by atomic mass is 9.79. The number of amides is 2. The molecular formula is C19H21F4N5O2. The number of carbonyl (C=O) groups excluding carboxylic acids is 1. The third-order valence-electron chi connectivity index (χ3n) is 5.47. The van der Waals surface area contributed by atoms with Gasteiger partial charge in [0.05, 0.1) is 5.69 Å². The Bertz CT molecular complexity index is 920. The molecule has 0 spiro atoms. The van der Waals surface area contributed by atoms with Gasteiger partial charge in [-0.3, -0.25) is 10.00 Å². The van der Waals surface area contributed by atoms with E-state index in [0.29, 0.717) is 17.1 Å². The fourth-order valence-corrected chi connectivity index (χ4v) is 3.76. The summed E-state index contributed by atoms with van der Waals surface area (Å²) >= 11 is 0. The average Bonchev–Trinajstić information content (AvgIpc) is 2.89. The molecule has 0 radical (unpaired) electrons. The Morgan fingerprint density at radius 1 is 1.30 bits per heavy atom. The van der Waals surface area contributed by atoms with Gasteiger partial charge in [-0.1, -0.05) is 6.42 Å². The molecule has 30 heavy (non-hydrogen) atoms. The molecule has 2 aromatic rings. The standard InChI is InChI=1S/C19H21F4N5O2/c1-28-16(26-18(29)25-12-7-19(22,23)8-12)14(10-3-2-4-10)15(27-28)11-5-6-13(24-9-11)30-17(20)21/h5-6,9-10,12,17H,2-4,7-8H2,1H3,(H2,25,26,29). The van der Waals surface area contributed by atoms with Crippen molar-refractivity contribution in [2.24, 2.45) is 7.05 Å². The summed E-state index contributed by atoms with van der Waals surface area (Å²) in [7, 11) is 1.67. The molecule has 2 fully saturated rings. The van der Waals surface area contributed by atoms with Crippen LogP contribution in [0.5, 0.6) is 5.88 Å². The molecule has 7 nitrogen and oxygen atoms in total. The molecule has 0 saturated heterocycles. The minimum atomic E-state index is -2.96. The molecule has 0 unspecified atom stereocenters. The van der Waals surface area contributed by atoms with Gasteiger partial charge in [-0.25, -0.2) is 18.6 Å². The van der Waals surface area contributed by atoms with Crippen LogP contribution >= 0.6 is 0 Å². The van der Waals surface area contributed by atoms with Crippen LogP contribution in [0.3, 0.4) is 0 Å². The Morgan fingerprint density at radius 2 is 2.03 bits per heavy atom. The summed E-state index contributed by atoms with van der Waals surface area (Å²) < 4.78 is 56.5. The van der Waals surface area contributed by atoms with Gasteiger partial charge in [-0.15, -0.1) is 0 Å². The van der Waals surface area contributed by atoms with E-state index in [4.69, 9.17) is 0 Å². The zero-order valence-corrected chi connectivity index (χ0v) is 16.2. The summed E-state index contributed by atoms with van der Waals surface area (Å²) in [5.74, 6) is -2.27. The van der Waals surface area contributed by atoms with E-state index >= 15 is 0 Å². The molecule has 0 aromatic carbocycles. The highest BCUT2D eigenvalue weighted by Gasteiger charge is 2.46. The second kappa shape index (κ2) is 7.77. The van der Waals surface area contributed by atoms with Crippen molar-refractivity contribution >= 4 is 11.8 Å². The molecule has 0 aliphatic heterocycles. The van der Waals surface area contributed by atoms with Gasteiger partial charge in [0.25, 0.3) is 5.92 Å². The van der Waals surface area contributed by atoms with E-state index < -0.39 is 24.6 Å². The van der Waals surface area contributed by atoms with E-state index in [9.17, 15) is 22.4 Å². The third-order valence-corrected chi connectivity index (χ3v) is 5.47. The minimum Gasteiger partial charge on any atom is -0.417 e. The number of nitrogens with one attached hydrogen (secondary N) is 2. The Kier molecular flexibility index (Phi) is 5.29. The van der Waals surface area contributed by atoms with Crippen LogP contribution in [-0.2, 0) is 7.05 Å². The number of rotatable bonds is 6. The first-order valence-electron chi connectivity index (χ1n) is 9.65. The van der Waals surface area contributed by atoms with Crippen LogP contribution in [0.4, 0.5) is 28.2 Å². The van der Waals surface area contributed by atoms with E-state index in [2.05, 4.69) is 25.5 Å². The van der Waals surface area contributed by atoms with Gasteiger partial charge in [0, 0.05) is 49.3 Å². The molecule has 11 heteroatoms. The van der Waals surface area contributed by atoms with Gasteiger partial charge >= 0.3 is 12.6 Å². The topological polar surface area (TPSA) is 81.1 Å². The van der Waals surface area contributed by atoms with Crippen LogP contribution < -0.4 is 15.4 Å². The van der Waals surface area contributed by atoms with Crippen molar-refractivity contribution in [3.63, 3.8) is 0 Å². The summed E-state index contributed by atoms with van der Waals surface area (Å²) in [6.07, 6.45) is 3.54. The summed E-state index contributed by atoms with van der Waals surface area (Å²) in [5, 5.41) is 9.79. The Morgan fingerprint density at radius 3 is 2.57 bits per heavy atom. The van der Waals surface area contributed by atoms with Crippen LogP contribution in [0.2, 0.25) is 0 Å². The Hall–Kier alpha value is -2.85. The number of nitrogens with zero attached hydrogens (tertiary/aromatic N) is 3. The SMILES string of the molecule is Cn1nc(-c2ccc(OC(F)F)nc2)c(C2CCC2)c1NC(=O)NC1CC(F)(F)C1. The molecule has 0 atom stereocenters. The number of anilines is 1. The molecule has 2 heterocycles. The maximum absolute atomic E-state index is 13.0. The lowest BCUT2D eigenvalue weighted by molar-refractivity contribution is -0.0894. The van der Waals surface area contributed by atoms with Crippen molar-refractivity contribution in [3.8, 4) is 17.1 Å². The number of aryl methyl sites for hydroxylation is 1. The normalized spacial score (nSPS) is 18.6. The van der Waals surface area contributed by atoms with Crippen LogP contribution in [0.1, 0.15) is 43.6 Å². The molecule has 4 rings (SSSR count). The monoisotopic (exact) mass is 427 g/mol. The summed E-state index contributed by atoms with van der Waals surface area (Å²) in [4.78, 5) is 16.2. The first-order valence-corrected chi connectivity index (χ1v) is 9.65. The van der Waals surface area contributed by atoms with Gasteiger partial charge in [-0.05, 0) is 24.8 Å². The first kappa shape index (κ1) is 20.4. The van der Waals surface area contributed by atoms with Crippen LogP contribution in [-0.4, -0.2) is 39.4 Å². The van der Waals surface area contributed by atoms with Gasteiger partial charge in [0.15, 0.2) is 0 Å². The van der Waals surface area contributed by atoms with Crippen LogP contribution in [0, 0.1) is 0 Å². The lowest BCUT2D eigenvalue weighted by Crippen LogP contribution is -2.51. The van der Waals surface area contributed by atoms with E-state index in [-0.39, 0.29) is 24.6 Å². The smallest absolute Gasteiger partial charge is 0.388 e. The average molecular weight is 427 g/mol. The van der Waals surface area contributed by atoms with Crippen molar-refractivity contribution in [1.82, 2.24) is 20.1 Å². The van der Waals surface area contributed by atoms with Gasteiger partial charge < -0.3 is 10.1 Å². The maximum atomic E-state index is 13.0. The molecule has 2 amide bonds. The highest BCUT2D eigenvalue weighted by molar-refractivity contribution is 5.91. The van der Waals surface area contributed by atoms with E-state index in [1.165, 1.54) is 16.9 Å². The molecule has 2 aromatic heterocycles. The lowest BCUT2D eigenvalue weighted by Gasteiger charge is -2.35. The quantitative estimate of drug-likeness (QED) is 0.675. The summed E-state index contributed by atoms with van der Waals surface area (Å²) in [5.41, 5.74) is 2.01. The van der Waals surface area contributed by atoms with Gasteiger partial charge in [0.1, 0.15) is 5.82 Å². The molecule has 2 aliphatic rings. The molecular weight excluding hydrogens is 406 g/mol. The number of hydrogen-bond acceptors (Lipinski definition) is 4. The number of ether oxygens (including phenoxy) is 1. The fourth-order valence-electron chi connectivity index (χ4n) is 3.76. The molecule has 2 N–H and O–H groups in total. The number of halogens is 4. The maximum Gasteiger partial charge on any atom is 0.388 e. The van der Waals surface area contributed by atoms with E-state index in [1.807, 2.05) is 0 Å². The number of alkyl halides is 4. The molecule has 162 valence electrons. The fraction of sp³-hybridized carbons (Fsp3) is 0.526. The van der Waals surface area contributed by atoms with Crippen molar-refractivity contribution in [1.29, 1.82) is 0 Å². The minimum absolute atomic E-state index is 0.175. The number of pyridine rings is 1. The number of urea groups is 1. The highest BCUT2D eigenvalue weighted by Crippen LogP contribution is 2.44. The van der Waals surface area contributed by atoms with Crippen LogP contribution in [0.25, 0.3) is 11.3 Å². The second-order valence-electron chi connectivity index (χ2n) is 7.69. The predicted octanol–water partition coefficient (Wildman–Crippen LogP) is 4.27. The molecule has 2 saturated carbocycles. The van der Waals surface area contributed by atoms with Crippen molar-refractivity contribution in [2.45, 2.75) is 56.6 Å². The van der Waals surface area contributed by atoms with Crippen LogP contribution in [0.15, 0.2) is 18.3 Å². The summed E-state index contributed by atoms with van der Waals surface area (Å²) in [6, 6.07) is 1.78. The molecule has 2 aliphatic carbocycles. The largest absolute Gasteiger partial charge is 0.417 e. The summed E-state index contributed by atoms with van der Waals surface area (Å²) in [6.45, 7) is -2.96. The second-order valence-corrected chi connectivity index (χ2v) is 7.69. The van der Waals surface area contributed by atoms with Crippen molar-refractivity contribution in [3.05, 3.63) is 23.9 Å². The number of aromatic nitrogens is 3. The van der Waals surface area contributed by atoms with Crippen molar-refractivity contribution < 1.29 is 27.1 Å². The number of hydrogen-bond donors (Lipinski definition) is 2. The Balaban J connectivity index is 1.56. The third kappa shape index (κ3) is 4.19. The molecule has 0 bridgehead atoms. The predicted molar refractivity (Wildman–Crippen MR) is 99.8 cm³/mol. The zero-order chi connectivity index (χ0) is 21.5. The zero-order valence-electron chi connectivity index (χ0n) is 16.2. The van der Waals surface area contributed by atoms with E-state index in [1.54, 1.807) is 13.1 Å². The van der Waals surface area contributed by atoms with E-state index in [0.717, 1.165) is 24.8 Å². The number of carbonyl (C=O) groups is 1. The van der Waals surface area contributed by atoms with Gasteiger partial charge in [0.2, 0.25) is 5.88 Å². The van der Waals surface area contributed by atoms with Gasteiger partial charge in [-0.2, -0.15) is 13.9 Å². The highest BCUT2D eigenvalue weighted by atomic mass is 19.3. The Labute approximate surface area is 169 Å². The first-order chi connectivity index (χ1) is 14.2.